The van der Waals surface area contributed by atoms with E-state index in [0.29, 0.717) is 18.2 Å². The van der Waals surface area contributed by atoms with E-state index in [0.717, 1.165) is 51.8 Å². The number of hydrogen-bond donors (Lipinski definition) is 1. The van der Waals surface area contributed by atoms with Crippen LogP contribution in [0.25, 0.3) is 22.4 Å². The molecule has 8 heteroatoms. The summed E-state index contributed by atoms with van der Waals surface area (Å²) in [4.78, 5) is 16.3. The van der Waals surface area contributed by atoms with Crippen LogP contribution in [-0.4, -0.2) is 57.2 Å². The Morgan fingerprint density at radius 3 is 2.51 bits per heavy atom. The zero-order valence-electron chi connectivity index (χ0n) is 21.3. The summed E-state index contributed by atoms with van der Waals surface area (Å²) in [6.07, 6.45) is 3.65. The molecule has 0 atom stereocenters. The van der Waals surface area contributed by atoms with E-state index in [1.807, 2.05) is 56.8 Å². The average molecular weight is 493 g/mol. The minimum Gasteiger partial charge on any atom is -0.492 e. The van der Waals surface area contributed by atoms with Crippen molar-refractivity contribution in [3.8, 4) is 17.1 Å². The largest absolute Gasteiger partial charge is 0.492 e. The molecule has 0 amide bonds. The van der Waals surface area contributed by atoms with Crippen LogP contribution in [0.3, 0.4) is 0 Å². The first-order valence-corrected chi connectivity index (χ1v) is 12.1. The number of hydrogen-bond acceptors (Lipinski definition) is 6. The molecule has 1 N–H and O–H groups in total. The lowest BCUT2D eigenvalue weighted by molar-refractivity contribution is 0.261. The number of likely N-dealkylation sites (N-methyl/N-ethyl adjacent to an activating group) is 1. The third-order valence-corrected chi connectivity index (χ3v) is 5.75. The van der Waals surface area contributed by atoms with Crippen molar-refractivity contribution in [2.24, 2.45) is 0 Å². The molecule has 0 bridgehead atoms. The molecular formula is C27H33ClN6O. The Bertz CT molecular complexity index is 1330. The van der Waals surface area contributed by atoms with Gasteiger partial charge in [0.05, 0.1) is 22.8 Å². The van der Waals surface area contributed by atoms with Gasteiger partial charge in [-0.05, 0) is 83.8 Å². The van der Waals surface area contributed by atoms with Crippen molar-refractivity contribution in [2.75, 3.05) is 32.6 Å². The first kappa shape index (κ1) is 24.9. The van der Waals surface area contributed by atoms with Gasteiger partial charge in [0.25, 0.3) is 0 Å². The highest BCUT2D eigenvalue weighted by molar-refractivity contribution is 6.33. The van der Waals surface area contributed by atoms with E-state index in [1.165, 1.54) is 0 Å². The van der Waals surface area contributed by atoms with Gasteiger partial charge in [-0.3, -0.25) is 4.98 Å². The highest BCUT2D eigenvalue weighted by Crippen LogP contribution is 2.35. The van der Waals surface area contributed by atoms with Gasteiger partial charge in [0.15, 0.2) is 5.82 Å². The van der Waals surface area contributed by atoms with E-state index in [9.17, 15) is 0 Å². The van der Waals surface area contributed by atoms with Gasteiger partial charge in [-0.2, -0.15) is 0 Å². The normalized spacial score (nSPS) is 11.9. The van der Waals surface area contributed by atoms with Gasteiger partial charge >= 0.3 is 0 Å². The maximum atomic E-state index is 6.79. The zero-order chi connectivity index (χ0) is 25.2. The van der Waals surface area contributed by atoms with Crippen molar-refractivity contribution in [3.05, 3.63) is 65.1 Å². The minimum atomic E-state index is -0.160. The fraction of sp³-hybridized carbons (Fsp3) is 0.370. The lowest BCUT2D eigenvalue weighted by atomic mass is 10.1. The highest BCUT2D eigenvalue weighted by Gasteiger charge is 2.21. The molecule has 4 aromatic rings. The van der Waals surface area contributed by atoms with Crippen molar-refractivity contribution in [1.82, 2.24) is 24.4 Å². The summed E-state index contributed by atoms with van der Waals surface area (Å²) < 4.78 is 8.03. The monoisotopic (exact) mass is 492 g/mol. The smallest absolute Gasteiger partial charge is 0.154 e. The third-order valence-electron chi connectivity index (χ3n) is 5.44. The summed E-state index contributed by atoms with van der Waals surface area (Å²) in [5.41, 5.74) is 4.55. The lowest BCUT2D eigenvalue weighted by Crippen LogP contribution is -2.26. The molecule has 0 spiro atoms. The molecule has 0 saturated heterocycles. The molecule has 0 aliphatic rings. The maximum absolute atomic E-state index is 6.79. The second kappa shape index (κ2) is 10.2. The van der Waals surface area contributed by atoms with Gasteiger partial charge in [-0.15, -0.1) is 0 Å². The van der Waals surface area contributed by atoms with Crippen LogP contribution in [0.1, 0.15) is 32.0 Å². The number of imidazole rings is 1. The number of pyridine rings is 2. The molecule has 0 radical (unpaired) electrons. The van der Waals surface area contributed by atoms with Crippen molar-refractivity contribution in [1.29, 1.82) is 0 Å². The van der Waals surface area contributed by atoms with E-state index < -0.39 is 0 Å². The SMILES string of the molecule is Cc1ccnc(Cn2c(-c3ccc(OCCN(C)C)cc3Cl)nc3c(NC(C)(C)C)nccc32)c1. The third kappa shape index (κ3) is 6.10. The van der Waals surface area contributed by atoms with Crippen molar-refractivity contribution in [3.63, 3.8) is 0 Å². The van der Waals surface area contributed by atoms with Gasteiger partial charge in [-0.25, -0.2) is 9.97 Å². The van der Waals surface area contributed by atoms with Crippen LogP contribution in [0.5, 0.6) is 5.75 Å². The Morgan fingerprint density at radius 2 is 1.83 bits per heavy atom. The van der Waals surface area contributed by atoms with Gasteiger partial charge in [-0.1, -0.05) is 11.6 Å². The summed E-state index contributed by atoms with van der Waals surface area (Å²) in [6.45, 7) is 10.4. The number of fused-ring (bicyclic) bond motifs is 1. The Labute approximate surface area is 212 Å². The van der Waals surface area contributed by atoms with Gasteiger partial charge in [0, 0.05) is 30.0 Å². The van der Waals surface area contributed by atoms with Crippen LogP contribution in [0.2, 0.25) is 5.02 Å². The number of anilines is 1. The Balaban J connectivity index is 1.80. The molecule has 0 aliphatic heterocycles. The van der Waals surface area contributed by atoms with Crippen LogP contribution in [-0.2, 0) is 6.54 Å². The molecular weight excluding hydrogens is 460 g/mol. The van der Waals surface area contributed by atoms with E-state index in [4.69, 9.17) is 21.3 Å². The molecule has 3 aromatic heterocycles. The second-order valence-electron chi connectivity index (χ2n) is 10.0. The van der Waals surface area contributed by atoms with Crippen molar-refractivity contribution in [2.45, 2.75) is 39.8 Å². The van der Waals surface area contributed by atoms with E-state index >= 15 is 0 Å². The number of aryl methyl sites for hydroxylation is 1. The number of rotatable bonds is 8. The molecule has 3 heterocycles. The van der Waals surface area contributed by atoms with Crippen LogP contribution < -0.4 is 10.1 Å². The summed E-state index contributed by atoms with van der Waals surface area (Å²) >= 11 is 6.79. The molecule has 0 unspecified atom stereocenters. The Kier molecular flexibility index (Phi) is 7.28. The van der Waals surface area contributed by atoms with Crippen LogP contribution in [0.15, 0.2) is 48.8 Å². The molecule has 0 fully saturated rings. The summed E-state index contributed by atoms with van der Waals surface area (Å²) in [7, 11) is 4.04. The quantitative estimate of drug-likeness (QED) is 0.342. The maximum Gasteiger partial charge on any atom is 0.154 e. The average Bonchev–Trinajstić information content (AvgIpc) is 3.12. The predicted octanol–water partition coefficient (Wildman–Crippen LogP) is 5.65. The molecule has 184 valence electrons. The molecule has 0 aliphatic carbocycles. The number of ether oxygens (including phenoxy) is 1. The number of halogens is 1. The van der Waals surface area contributed by atoms with Crippen LogP contribution in [0.4, 0.5) is 5.82 Å². The minimum absolute atomic E-state index is 0.160. The Hall–Kier alpha value is -3.16. The number of nitrogens with zero attached hydrogens (tertiary/aromatic N) is 5. The first-order chi connectivity index (χ1) is 16.6. The second-order valence-corrected chi connectivity index (χ2v) is 10.4. The molecule has 4 rings (SSSR count). The Morgan fingerprint density at radius 1 is 1.06 bits per heavy atom. The molecule has 0 saturated carbocycles. The number of nitrogens with one attached hydrogen (secondary N) is 1. The van der Waals surface area contributed by atoms with E-state index in [1.54, 1.807) is 0 Å². The highest BCUT2D eigenvalue weighted by atomic mass is 35.5. The van der Waals surface area contributed by atoms with Gasteiger partial charge in [0.2, 0.25) is 0 Å². The van der Waals surface area contributed by atoms with Crippen molar-refractivity contribution >= 4 is 28.5 Å². The number of aromatic nitrogens is 4. The zero-order valence-corrected chi connectivity index (χ0v) is 22.0. The van der Waals surface area contributed by atoms with E-state index in [2.05, 4.69) is 58.5 Å². The summed E-state index contributed by atoms with van der Waals surface area (Å²) in [5, 5.41) is 4.07. The molecule has 1 aromatic carbocycles. The standard InChI is InChI=1S/C27H33ClN6O/c1-18-9-11-29-19(15-18)17-34-23-10-12-30-25(32-27(2,3)4)24(23)31-26(34)21-8-7-20(16-22(21)28)35-14-13-33(5)6/h7-12,15-16H,13-14,17H2,1-6H3,(H,30,32). The summed E-state index contributed by atoms with van der Waals surface area (Å²) in [6, 6.07) is 11.8. The predicted molar refractivity (Wildman–Crippen MR) is 143 cm³/mol. The number of benzene rings is 1. The van der Waals surface area contributed by atoms with Gasteiger partial charge in [0.1, 0.15) is 23.7 Å². The topological polar surface area (TPSA) is 68.1 Å². The van der Waals surface area contributed by atoms with Gasteiger partial charge < -0.3 is 19.5 Å². The molecule has 7 nitrogen and oxygen atoms in total. The fourth-order valence-corrected chi connectivity index (χ4v) is 4.08. The summed E-state index contributed by atoms with van der Waals surface area (Å²) in [5.74, 6) is 2.24. The lowest BCUT2D eigenvalue weighted by Gasteiger charge is -2.21. The van der Waals surface area contributed by atoms with Crippen LogP contribution in [0, 0.1) is 6.92 Å². The van der Waals surface area contributed by atoms with Crippen LogP contribution >= 0.6 is 11.6 Å². The molecule has 35 heavy (non-hydrogen) atoms. The van der Waals surface area contributed by atoms with E-state index in [-0.39, 0.29) is 5.54 Å². The van der Waals surface area contributed by atoms with Crippen molar-refractivity contribution < 1.29 is 4.74 Å². The fourth-order valence-electron chi connectivity index (χ4n) is 3.82. The first-order valence-electron chi connectivity index (χ1n) is 11.7.